The van der Waals surface area contributed by atoms with Crippen molar-refractivity contribution in [3.8, 4) is 5.75 Å². The molecule has 28 heavy (non-hydrogen) atoms. The van der Waals surface area contributed by atoms with Crippen LogP contribution in [0.4, 0.5) is 0 Å². The minimum atomic E-state index is -0.437. The Morgan fingerprint density at radius 2 is 1.79 bits per heavy atom. The van der Waals surface area contributed by atoms with E-state index in [2.05, 4.69) is 26.2 Å². The highest BCUT2D eigenvalue weighted by Crippen LogP contribution is 2.32. The van der Waals surface area contributed by atoms with Crippen molar-refractivity contribution in [3.05, 3.63) is 65.6 Å². The Morgan fingerprint density at radius 3 is 2.46 bits per heavy atom. The number of carbonyl (C=O) groups excluding carboxylic acids is 2. The third kappa shape index (κ3) is 4.59. The average molecular weight is 444 g/mol. The molecule has 1 aromatic carbocycles. The van der Waals surface area contributed by atoms with Crippen molar-refractivity contribution in [3.63, 3.8) is 0 Å². The van der Waals surface area contributed by atoms with E-state index in [0.717, 1.165) is 19.3 Å². The zero-order valence-electron chi connectivity index (χ0n) is 15.7. The number of rotatable bonds is 5. The van der Waals surface area contributed by atoms with Crippen LogP contribution in [-0.2, 0) is 4.79 Å². The van der Waals surface area contributed by atoms with Gasteiger partial charge in [-0.15, -0.1) is 0 Å². The first kappa shape index (κ1) is 20.1. The quantitative estimate of drug-likeness (QED) is 0.716. The SMILES string of the molecule is COc1ccccc1/C(Br)=C(\NC(=O)c1ccccn1)C(=O)N1CCCCC1. The third-order valence-corrected chi connectivity index (χ3v) is 5.38. The lowest BCUT2D eigenvalue weighted by molar-refractivity contribution is -0.128. The van der Waals surface area contributed by atoms with Crippen LogP contribution in [0.1, 0.15) is 35.3 Å². The summed E-state index contributed by atoms with van der Waals surface area (Å²) in [6.45, 7) is 1.35. The van der Waals surface area contributed by atoms with Crippen LogP contribution in [0.15, 0.2) is 54.4 Å². The first-order chi connectivity index (χ1) is 13.6. The average Bonchev–Trinajstić information content (AvgIpc) is 2.77. The molecule has 0 bridgehead atoms. The normalized spacial score (nSPS) is 14.9. The van der Waals surface area contributed by atoms with Crippen molar-refractivity contribution in [2.75, 3.05) is 20.2 Å². The Hall–Kier alpha value is -2.67. The van der Waals surface area contributed by atoms with E-state index in [-0.39, 0.29) is 17.3 Å². The second-order valence-electron chi connectivity index (χ2n) is 6.41. The van der Waals surface area contributed by atoms with Crippen molar-refractivity contribution in [2.24, 2.45) is 0 Å². The van der Waals surface area contributed by atoms with Gasteiger partial charge in [0.2, 0.25) is 0 Å². The minimum absolute atomic E-state index is 0.182. The van der Waals surface area contributed by atoms with Crippen LogP contribution < -0.4 is 10.1 Å². The monoisotopic (exact) mass is 443 g/mol. The standard InChI is InChI=1S/C21H22BrN3O3/c1-28-17-11-4-3-9-15(17)18(22)19(21(27)25-13-7-2-8-14-25)24-20(26)16-10-5-6-12-23-16/h3-6,9-12H,2,7-8,13-14H2,1H3,(H,24,26)/b19-18+. The van der Waals surface area contributed by atoms with E-state index in [1.807, 2.05) is 18.2 Å². The maximum absolute atomic E-state index is 13.2. The number of likely N-dealkylation sites (tertiary alicyclic amines) is 1. The number of amides is 2. The fourth-order valence-corrected chi connectivity index (χ4v) is 3.69. The van der Waals surface area contributed by atoms with Gasteiger partial charge in [-0.2, -0.15) is 0 Å². The van der Waals surface area contributed by atoms with Gasteiger partial charge in [0.25, 0.3) is 11.8 Å². The highest BCUT2D eigenvalue weighted by atomic mass is 79.9. The molecule has 2 heterocycles. The van der Waals surface area contributed by atoms with E-state index in [1.165, 1.54) is 0 Å². The summed E-state index contributed by atoms with van der Waals surface area (Å²) in [6.07, 6.45) is 4.57. The molecule has 1 aromatic heterocycles. The predicted molar refractivity (Wildman–Crippen MR) is 111 cm³/mol. The summed E-state index contributed by atoms with van der Waals surface area (Å²) < 4.78 is 5.89. The first-order valence-corrected chi connectivity index (χ1v) is 9.96. The summed E-state index contributed by atoms with van der Waals surface area (Å²) in [4.78, 5) is 31.8. The number of hydrogen-bond acceptors (Lipinski definition) is 4. The number of carbonyl (C=O) groups is 2. The molecule has 1 aliphatic rings. The van der Waals surface area contributed by atoms with Gasteiger partial charge in [0.05, 0.1) is 11.6 Å². The molecule has 0 aliphatic carbocycles. The Balaban J connectivity index is 2.00. The molecule has 7 heteroatoms. The van der Waals surface area contributed by atoms with Crippen LogP contribution in [0.25, 0.3) is 4.48 Å². The van der Waals surface area contributed by atoms with E-state index < -0.39 is 5.91 Å². The molecular weight excluding hydrogens is 422 g/mol. The van der Waals surface area contributed by atoms with Gasteiger partial charge in [-0.25, -0.2) is 0 Å². The smallest absolute Gasteiger partial charge is 0.274 e. The largest absolute Gasteiger partial charge is 0.496 e. The number of aromatic nitrogens is 1. The van der Waals surface area contributed by atoms with Crippen molar-refractivity contribution < 1.29 is 14.3 Å². The maximum Gasteiger partial charge on any atom is 0.274 e. The molecule has 1 aliphatic heterocycles. The minimum Gasteiger partial charge on any atom is -0.496 e. The van der Waals surface area contributed by atoms with Gasteiger partial charge in [-0.05, 0) is 53.4 Å². The summed E-state index contributed by atoms with van der Waals surface area (Å²) in [5, 5.41) is 2.76. The topological polar surface area (TPSA) is 71.5 Å². The number of piperidine rings is 1. The molecule has 2 amide bonds. The third-order valence-electron chi connectivity index (χ3n) is 4.56. The number of nitrogens with zero attached hydrogens (tertiary/aromatic N) is 2. The van der Waals surface area contributed by atoms with Crippen molar-refractivity contribution in [2.45, 2.75) is 19.3 Å². The molecule has 0 atom stereocenters. The van der Waals surface area contributed by atoms with Crippen molar-refractivity contribution in [1.29, 1.82) is 0 Å². The lowest BCUT2D eigenvalue weighted by atomic mass is 10.1. The van der Waals surface area contributed by atoms with Gasteiger partial charge < -0.3 is 15.0 Å². The van der Waals surface area contributed by atoms with Crippen LogP contribution in [0.3, 0.4) is 0 Å². The molecule has 1 fully saturated rings. The number of methoxy groups -OCH3 is 1. The molecule has 1 saturated heterocycles. The lowest BCUT2D eigenvalue weighted by Gasteiger charge is -2.28. The molecule has 146 valence electrons. The van der Waals surface area contributed by atoms with Gasteiger partial charge in [0.1, 0.15) is 17.1 Å². The number of pyridine rings is 1. The first-order valence-electron chi connectivity index (χ1n) is 9.16. The van der Waals surface area contributed by atoms with Crippen LogP contribution in [0.5, 0.6) is 5.75 Å². The van der Waals surface area contributed by atoms with E-state index in [1.54, 1.807) is 42.5 Å². The van der Waals surface area contributed by atoms with Gasteiger partial charge in [0.15, 0.2) is 0 Å². The second kappa shape index (κ2) is 9.50. The second-order valence-corrected chi connectivity index (χ2v) is 7.20. The number of para-hydroxylation sites is 1. The Labute approximate surface area is 172 Å². The van der Waals surface area contributed by atoms with Gasteiger partial charge in [0, 0.05) is 24.8 Å². The summed E-state index contributed by atoms with van der Waals surface area (Å²) in [5.41, 5.74) is 1.11. The van der Waals surface area contributed by atoms with Crippen molar-refractivity contribution in [1.82, 2.24) is 15.2 Å². The lowest BCUT2D eigenvalue weighted by Crippen LogP contribution is -2.41. The number of hydrogen-bond donors (Lipinski definition) is 1. The zero-order valence-corrected chi connectivity index (χ0v) is 17.2. The van der Waals surface area contributed by atoms with E-state index in [0.29, 0.717) is 28.9 Å². The van der Waals surface area contributed by atoms with Crippen molar-refractivity contribution >= 4 is 32.2 Å². The van der Waals surface area contributed by atoms with Gasteiger partial charge >= 0.3 is 0 Å². The number of halogens is 1. The molecule has 3 rings (SSSR count). The fraction of sp³-hybridized carbons (Fsp3) is 0.286. The summed E-state index contributed by atoms with van der Waals surface area (Å²) >= 11 is 3.53. The molecule has 0 radical (unpaired) electrons. The van der Waals surface area contributed by atoms with E-state index >= 15 is 0 Å². The molecular formula is C21H22BrN3O3. The molecule has 0 saturated carbocycles. The summed E-state index contributed by atoms with van der Waals surface area (Å²) in [5.74, 6) is -0.0556. The zero-order chi connectivity index (χ0) is 19.9. The summed E-state index contributed by atoms with van der Waals surface area (Å²) in [7, 11) is 1.57. The number of ether oxygens (including phenoxy) is 1. The Morgan fingerprint density at radius 1 is 1.07 bits per heavy atom. The highest BCUT2D eigenvalue weighted by Gasteiger charge is 2.26. The predicted octanol–water partition coefficient (Wildman–Crippen LogP) is 3.60. The van der Waals surface area contributed by atoms with Gasteiger partial charge in [-0.1, -0.05) is 24.3 Å². The maximum atomic E-state index is 13.2. The van der Waals surface area contributed by atoms with E-state index in [9.17, 15) is 9.59 Å². The fourth-order valence-electron chi connectivity index (χ4n) is 3.09. The Bertz CT molecular complexity index is 877. The summed E-state index contributed by atoms with van der Waals surface area (Å²) in [6, 6.07) is 12.4. The molecule has 0 spiro atoms. The molecule has 2 aromatic rings. The number of nitrogens with one attached hydrogen (secondary N) is 1. The van der Waals surface area contributed by atoms with Gasteiger partial charge in [-0.3, -0.25) is 14.6 Å². The molecule has 6 nitrogen and oxygen atoms in total. The Kier molecular flexibility index (Phi) is 6.81. The molecule has 0 unspecified atom stereocenters. The number of benzene rings is 1. The molecule has 1 N–H and O–H groups in total. The van der Waals surface area contributed by atoms with Crippen LogP contribution in [-0.4, -0.2) is 41.9 Å². The highest BCUT2D eigenvalue weighted by molar-refractivity contribution is 9.15. The van der Waals surface area contributed by atoms with E-state index in [4.69, 9.17) is 4.74 Å². The van der Waals surface area contributed by atoms with Crippen LogP contribution in [0, 0.1) is 0 Å². The van der Waals surface area contributed by atoms with Crippen LogP contribution in [0.2, 0.25) is 0 Å². The van der Waals surface area contributed by atoms with Crippen LogP contribution >= 0.6 is 15.9 Å².